The predicted octanol–water partition coefficient (Wildman–Crippen LogP) is 5.70. The summed E-state index contributed by atoms with van der Waals surface area (Å²) in [6.07, 6.45) is 1.38. The summed E-state index contributed by atoms with van der Waals surface area (Å²) in [5.41, 5.74) is 0.683. The SMILES string of the molecule is CC(C)(C)OC(=O)N1CCN(c2ccc(-c3cnc4[nH]cc(C(=O)c5c(F)ccc(N(N6CC[C@@H](F)C6)S(=O)O)c5F)c4c3)cc2)CC1. The topological polar surface area (TPSA) is 122 Å². The van der Waals surface area contributed by atoms with Crippen molar-refractivity contribution in [1.82, 2.24) is 19.9 Å². The van der Waals surface area contributed by atoms with E-state index >= 15 is 8.78 Å². The van der Waals surface area contributed by atoms with Gasteiger partial charge >= 0.3 is 6.09 Å². The van der Waals surface area contributed by atoms with Crippen LogP contribution in [0.25, 0.3) is 22.2 Å². The molecule has 0 bridgehead atoms. The van der Waals surface area contributed by atoms with Crippen LogP contribution in [0.1, 0.15) is 43.1 Å². The Morgan fingerprint density at radius 1 is 1.04 bits per heavy atom. The monoisotopic (exact) mass is 684 g/mol. The van der Waals surface area contributed by atoms with Crippen molar-refractivity contribution in [2.75, 3.05) is 48.6 Å². The fourth-order valence-electron chi connectivity index (χ4n) is 5.92. The zero-order valence-corrected chi connectivity index (χ0v) is 27.4. The molecular weight excluding hydrogens is 649 g/mol. The molecule has 4 aromatic rings. The predicted molar refractivity (Wildman–Crippen MR) is 176 cm³/mol. The van der Waals surface area contributed by atoms with Crippen molar-refractivity contribution in [3.05, 3.63) is 77.6 Å². The number of alkyl halides is 1. The number of nitrogens with zero attached hydrogens (tertiary/aromatic N) is 5. The molecule has 11 nitrogen and oxygen atoms in total. The molecule has 254 valence electrons. The van der Waals surface area contributed by atoms with Crippen LogP contribution in [0.15, 0.2) is 54.9 Å². The molecule has 1 unspecified atom stereocenters. The molecule has 2 aliphatic heterocycles. The second kappa shape index (κ2) is 13.2. The molecule has 15 heteroatoms. The third-order valence-electron chi connectivity index (χ3n) is 8.29. The Kier molecular flexibility index (Phi) is 9.20. The molecule has 4 heterocycles. The number of carbonyl (C=O) groups excluding carboxylic acids is 2. The molecule has 2 aromatic carbocycles. The summed E-state index contributed by atoms with van der Waals surface area (Å²) < 4.78 is 73.0. The fraction of sp³-hybridized carbons (Fsp3) is 0.364. The minimum atomic E-state index is -2.81. The van der Waals surface area contributed by atoms with Crippen molar-refractivity contribution < 1.29 is 36.3 Å². The molecule has 2 N–H and O–H groups in total. The van der Waals surface area contributed by atoms with Gasteiger partial charge in [-0.15, -0.1) is 0 Å². The normalized spacial score (nSPS) is 17.9. The lowest BCUT2D eigenvalue weighted by atomic mass is 9.99. The number of hydrogen-bond acceptors (Lipinski definition) is 7. The van der Waals surface area contributed by atoms with Crippen LogP contribution >= 0.6 is 0 Å². The minimum absolute atomic E-state index is 0.0379. The Balaban J connectivity index is 1.23. The lowest BCUT2D eigenvalue weighted by Crippen LogP contribution is -2.50. The number of hydrazine groups is 1. The number of aromatic nitrogens is 2. The summed E-state index contributed by atoms with van der Waals surface area (Å²) in [5.74, 6) is -3.49. The molecular formula is C33H35F3N6O5S. The molecule has 0 spiro atoms. The van der Waals surface area contributed by atoms with E-state index in [2.05, 4.69) is 14.9 Å². The fourth-order valence-corrected chi connectivity index (χ4v) is 6.58. The number of ether oxygens (including phenoxy) is 1. The molecule has 2 atom stereocenters. The van der Waals surface area contributed by atoms with Gasteiger partial charge in [0, 0.05) is 67.3 Å². The maximum absolute atomic E-state index is 15.9. The highest BCUT2D eigenvalue weighted by Crippen LogP contribution is 2.33. The van der Waals surface area contributed by atoms with Crippen LogP contribution in [-0.4, -0.2) is 91.6 Å². The number of amides is 1. The number of benzene rings is 2. The maximum atomic E-state index is 15.9. The zero-order chi connectivity index (χ0) is 34.3. The molecule has 1 amide bonds. The van der Waals surface area contributed by atoms with Crippen molar-refractivity contribution in [1.29, 1.82) is 0 Å². The number of aromatic amines is 1. The molecule has 2 saturated heterocycles. The average molecular weight is 685 g/mol. The number of anilines is 2. The van der Waals surface area contributed by atoms with Gasteiger partial charge in [0.1, 0.15) is 28.9 Å². The van der Waals surface area contributed by atoms with E-state index in [1.54, 1.807) is 17.2 Å². The van der Waals surface area contributed by atoms with Crippen LogP contribution < -0.4 is 9.31 Å². The second-order valence-electron chi connectivity index (χ2n) is 12.7. The number of pyridine rings is 1. The van der Waals surface area contributed by atoms with E-state index in [4.69, 9.17) is 4.74 Å². The Bertz CT molecular complexity index is 1870. The highest BCUT2D eigenvalue weighted by molar-refractivity contribution is 7.80. The third-order valence-corrected chi connectivity index (χ3v) is 9.01. The lowest BCUT2D eigenvalue weighted by Gasteiger charge is -2.36. The number of nitrogens with one attached hydrogen (secondary N) is 1. The van der Waals surface area contributed by atoms with E-state index < -0.39 is 51.7 Å². The van der Waals surface area contributed by atoms with Crippen molar-refractivity contribution >= 4 is 45.6 Å². The van der Waals surface area contributed by atoms with Gasteiger partial charge in [0.25, 0.3) is 11.3 Å². The molecule has 48 heavy (non-hydrogen) atoms. The van der Waals surface area contributed by atoms with Crippen LogP contribution in [0.2, 0.25) is 0 Å². The van der Waals surface area contributed by atoms with E-state index in [0.29, 0.717) is 47.2 Å². The lowest BCUT2D eigenvalue weighted by molar-refractivity contribution is 0.0240. The van der Waals surface area contributed by atoms with E-state index in [-0.39, 0.29) is 31.2 Å². The zero-order valence-electron chi connectivity index (χ0n) is 26.6. The maximum Gasteiger partial charge on any atom is 0.410 e. The number of halogens is 3. The molecule has 2 aromatic heterocycles. The van der Waals surface area contributed by atoms with Gasteiger partial charge in [-0.25, -0.2) is 32.2 Å². The Morgan fingerprint density at radius 2 is 1.75 bits per heavy atom. The Labute approximate surface area is 277 Å². The number of fused-ring (bicyclic) bond motifs is 1. The van der Waals surface area contributed by atoms with Crippen LogP contribution in [0.4, 0.5) is 29.3 Å². The first kappa shape index (κ1) is 33.4. The summed E-state index contributed by atoms with van der Waals surface area (Å²) in [7, 11) is 0. The van der Waals surface area contributed by atoms with E-state index in [1.165, 1.54) is 6.20 Å². The van der Waals surface area contributed by atoms with Gasteiger partial charge in [0.05, 0.1) is 12.1 Å². The third kappa shape index (κ3) is 6.75. The first-order valence-corrected chi connectivity index (χ1v) is 16.5. The number of carbonyl (C=O) groups is 2. The minimum Gasteiger partial charge on any atom is -0.444 e. The standard InChI is InChI=1S/C33H35F3N6O5S/c1-33(2,3)47-32(44)40-14-12-39(13-15-40)23-6-4-20(5-7-23)21-16-24-25(18-38-31(24)37-17-21)30(43)28-26(35)8-9-27(29(28)36)42(48(45)46)41-11-10-22(34)19-41/h4-9,16-18,22H,10-15,19H2,1-3H3,(H,37,38)(H,45,46)/t22-/m1/s1. The average Bonchev–Trinajstić information content (AvgIpc) is 3.67. The van der Waals surface area contributed by atoms with Crippen molar-refractivity contribution in [2.24, 2.45) is 0 Å². The first-order chi connectivity index (χ1) is 22.8. The van der Waals surface area contributed by atoms with Crippen LogP contribution in [0.5, 0.6) is 0 Å². The van der Waals surface area contributed by atoms with E-state index in [0.717, 1.165) is 28.4 Å². The van der Waals surface area contributed by atoms with Gasteiger partial charge in [0.2, 0.25) is 5.78 Å². The second-order valence-corrected chi connectivity index (χ2v) is 13.5. The molecule has 0 radical (unpaired) electrons. The number of H-pyrrole nitrogens is 1. The van der Waals surface area contributed by atoms with Crippen LogP contribution in [0, 0.1) is 11.6 Å². The van der Waals surface area contributed by atoms with Gasteiger partial charge in [-0.3, -0.25) is 9.35 Å². The Morgan fingerprint density at radius 3 is 2.38 bits per heavy atom. The summed E-state index contributed by atoms with van der Waals surface area (Å²) >= 11 is -2.81. The summed E-state index contributed by atoms with van der Waals surface area (Å²) in [6, 6.07) is 11.2. The molecule has 0 saturated carbocycles. The van der Waals surface area contributed by atoms with Gasteiger partial charge in [-0.1, -0.05) is 12.1 Å². The molecule has 2 fully saturated rings. The van der Waals surface area contributed by atoms with Crippen LogP contribution in [0.3, 0.4) is 0 Å². The summed E-state index contributed by atoms with van der Waals surface area (Å²) in [5, 5.41) is 1.48. The molecule has 6 rings (SSSR count). The summed E-state index contributed by atoms with van der Waals surface area (Å²) in [4.78, 5) is 37.2. The highest BCUT2D eigenvalue weighted by atomic mass is 32.2. The number of rotatable bonds is 7. The molecule has 0 aliphatic carbocycles. The van der Waals surface area contributed by atoms with Gasteiger partial charge < -0.3 is 19.5 Å². The van der Waals surface area contributed by atoms with Crippen molar-refractivity contribution in [2.45, 2.75) is 39.0 Å². The van der Waals surface area contributed by atoms with Crippen molar-refractivity contribution in [3.63, 3.8) is 0 Å². The van der Waals surface area contributed by atoms with Crippen LogP contribution in [-0.2, 0) is 16.0 Å². The number of hydrogen-bond donors (Lipinski definition) is 2. The highest BCUT2D eigenvalue weighted by Gasteiger charge is 2.34. The van der Waals surface area contributed by atoms with E-state index in [9.17, 15) is 22.7 Å². The number of piperazine rings is 1. The van der Waals surface area contributed by atoms with Crippen molar-refractivity contribution in [3.8, 4) is 11.1 Å². The van der Waals surface area contributed by atoms with Gasteiger partial charge in [-0.2, -0.15) is 4.41 Å². The molecule has 2 aliphatic rings. The van der Waals surface area contributed by atoms with Gasteiger partial charge in [-0.05, 0) is 63.1 Å². The number of ketones is 1. The smallest absolute Gasteiger partial charge is 0.410 e. The van der Waals surface area contributed by atoms with E-state index in [1.807, 2.05) is 45.0 Å². The largest absolute Gasteiger partial charge is 0.444 e. The quantitative estimate of drug-likeness (QED) is 0.188. The first-order valence-electron chi connectivity index (χ1n) is 15.4. The Hall–Kier alpha value is -4.47. The van der Waals surface area contributed by atoms with Gasteiger partial charge in [0.15, 0.2) is 5.82 Å². The summed E-state index contributed by atoms with van der Waals surface area (Å²) in [6.45, 7) is 7.61.